The number of rotatable bonds is 6. The summed E-state index contributed by atoms with van der Waals surface area (Å²) in [6, 6.07) is 11.3. The van der Waals surface area contributed by atoms with Gasteiger partial charge in [-0.05, 0) is 43.2 Å². The average molecular weight is 271 g/mol. The normalized spacial score (nSPS) is 10.1. The van der Waals surface area contributed by atoms with Gasteiger partial charge < -0.3 is 9.47 Å². The Bertz CT molecular complexity index is 537. The van der Waals surface area contributed by atoms with Gasteiger partial charge in [0.2, 0.25) is 0 Å². The van der Waals surface area contributed by atoms with Crippen molar-refractivity contribution in [1.82, 2.24) is 4.98 Å². The molecule has 4 nitrogen and oxygen atoms in total. The van der Waals surface area contributed by atoms with E-state index in [2.05, 4.69) is 4.98 Å². The van der Waals surface area contributed by atoms with Crippen LogP contribution in [0.25, 0.3) is 0 Å². The summed E-state index contributed by atoms with van der Waals surface area (Å²) in [4.78, 5) is 15.3. The fourth-order valence-electron chi connectivity index (χ4n) is 1.75. The molecule has 1 heterocycles. The highest BCUT2D eigenvalue weighted by atomic mass is 16.5. The maximum Gasteiger partial charge on any atom is 0.306 e. The van der Waals surface area contributed by atoms with Gasteiger partial charge in [0, 0.05) is 12.6 Å². The molecule has 4 heteroatoms. The molecule has 0 atom stereocenters. The van der Waals surface area contributed by atoms with Crippen LogP contribution in [0.4, 0.5) is 0 Å². The third kappa shape index (κ3) is 4.39. The first-order valence-electron chi connectivity index (χ1n) is 6.60. The first-order chi connectivity index (χ1) is 9.78. The van der Waals surface area contributed by atoms with Crippen molar-refractivity contribution in [2.75, 3.05) is 6.61 Å². The van der Waals surface area contributed by atoms with Crippen molar-refractivity contribution in [1.29, 1.82) is 0 Å². The molecule has 2 rings (SSSR count). The molecule has 0 amide bonds. The summed E-state index contributed by atoms with van der Waals surface area (Å²) in [5.74, 6) is 1.29. The van der Waals surface area contributed by atoms with Crippen molar-refractivity contribution in [2.45, 2.75) is 19.8 Å². The molecule has 0 aliphatic rings. The number of carbonyl (C=O) groups excluding carboxylic acids is 1. The van der Waals surface area contributed by atoms with Gasteiger partial charge in [0.25, 0.3) is 0 Å². The Labute approximate surface area is 118 Å². The predicted molar refractivity (Wildman–Crippen MR) is 75.7 cm³/mol. The van der Waals surface area contributed by atoms with Gasteiger partial charge in [-0.15, -0.1) is 0 Å². The molecule has 1 aromatic heterocycles. The molecular formula is C16H17NO3. The summed E-state index contributed by atoms with van der Waals surface area (Å²) in [5, 5.41) is 0. The molecule has 0 saturated heterocycles. The van der Waals surface area contributed by atoms with E-state index in [0.717, 1.165) is 11.3 Å². The quantitative estimate of drug-likeness (QED) is 0.756. The second-order valence-electron chi connectivity index (χ2n) is 4.24. The van der Waals surface area contributed by atoms with E-state index in [-0.39, 0.29) is 5.97 Å². The Kier molecular flexibility index (Phi) is 5.12. The second-order valence-corrected chi connectivity index (χ2v) is 4.24. The van der Waals surface area contributed by atoms with E-state index in [0.29, 0.717) is 25.2 Å². The number of ether oxygens (including phenoxy) is 2. The lowest BCUT2D eigenvalue weighted by Gasteiger charge is -2.06. The van der Waals surface area contributed by atoms with Gasteiger partial charge in [-0.2, -0.15) is 0 Å². The Morgan fingerprint density at radius 1 is 1.15 bits per heavy atom. The van der Waals surface area contributed by atoms with Gasteiger partial charge in [0.05, 0.1) is 12.8 Å². The third-order valence-electron chi connectivity index (χ3n) is 2.72. The second kappa shape index (κ2) is 7.28. The van der Waals surface area contributed by atoms with E-state index in [1.54, 1.807) is 12.4 Å². The fourth-order valence-corrected chi connectivity index (χ4v) is 1.75. The molecule has 0 spiro atoms. The van der Waals surface area contributed by atoms with Crippen LogP contribution in [0.2, 0.25) is 0 Å². The SMILES string of the molecule is CCOC(=O)CCc1ccc(Oc2cccnc2)cc1. The van der Waals surface area contributed by atoms with Crippen LogP contribution < -0.4 is 4.74 Å². The smallest absolute Gasteiger partial charge is 0.306 e. The van der Waals surface area contributed by atoms with E-state index in [9.17, 15) is 4.79 Å². The maximum absolute atomic E-state index is 11.3. The summed E-state index contributed by atoms with van der Waals surface area (Å²) in [5.41, 5.74) is 1.08. The Morgan fingerprint density at radius 2 is 1.95 bits per heavy atom. The molecule has 0 fully saturated rings. The number of carbonyl (C=O) groups is 1. The summed E-state index contributed by atoms with van der Waals surface area (Å²) in [6.45, 7) is 2.24. The maximum atomic E-state index is 11.3. The number of hydrogen-bond acceptors (Lipinski definition) is 4. The lowest BCUT2D eigenvalue weighted by molar-refractivity contribution is -0.143. The van der Waals surface area contributed by atoms with Crippen LogP contribution in [0, 0.1) is 0 Å². The van der Waals surface area contributed by atoms with Gasteiger partial charge in [0.1, 0.15) is 11.5 Å². The number of pyridine rings is 1. The van der Waals surface area contributed by atoms with Crippen LogP contribution in [-0.2, 0) is 16.0 Å². The summed E-state index contributed by atoms with van der Waals surface area (Å²) < 4.78 is 10.5. The number of benzene rings is 1. The Hall–Kier alpha value is -2.36. The van der Waals surface area contributed by atoms with Crippen molar-refractivity contribution in [3.05, 3.63) is 54.4 Å². The van der Waals surface area contributed by atoms with Gasteiger partial charge in [-0.25, -0.2) is 0 Å². The zero-order chi connectivity index (χ0) is 14.2. The number of aromatic nitrogens is 1. The van der Waals surface area contributed by atoms with E-state index in [4.69, 9.17) is 9.47 Å². The van der Waals surface area contributed by atoms with E-state index in [1.807, 2.05) is 43.3 Å². The highest BCUT2D eigenvalue weighted by Gasteiger charge is 2.03. The standard InChI is InChI=1S/C16H17NO3/c1-2-19-16(18)10-7-13-5-8-14(9-6-13)20-15-4-3-11-17-12-15/h3-6,8-9,11-12H,2,7,10H2,1H3. The molecule has 2 aromatic rings. The topological polar surface area (TPSA) is 48.4 Å². The molecule has 0 aliphatic carbocycles. The highest BCUT2D eigenvalue weighted by molar-refractivity contribution is 5.69. The molecule has 20 heavy (non-hydrogen) atoms. The van der Waals surface area contributed by atoms with E-state index in [1.165, 1.54) is 0 Å². The molecule has 0 radical (unpaired) electrons. The minimum atomic E-state index is -0.164. The number of hydrogen-bond donors (Lipinski definition) is 0. The van der Waals surface area contributed by atoms with Crippen molar-refractivity contribution >= 4 is 5.97 Å². The average Bonchev–Trinajstić information content (AvgIpc) is 2.48. The summed E-state index contributed by atoms with van der Waals surface area (Å²) in [7, 11) is 0. The van der Waals surface area contributed by atoms with Crippen LogP contribution >= 0.6 is 0 Å². The molecule has 0 N–H and O–H groups in total. The van der Waals surface area contributed by atoms with Gasteiger partial charge >= 0.3 is 5.97 Å². The highest BCUT2D eigenvalue weighted by Crippen LogP contribution is 2.20. The van der Waals surface area contributed by atoms with E-state index < -0.39 is 0 Å². The zero-order valence-electron chi connectivity index (χ0n) is 11.4. The van der Waals surface area contributed by atoms with Crippen LogP contribution in [0.15, 0.2) is 48.8 Å². The van der Waals surface area contributed by atoms with Gasteiger partial charge in [0.15, 0.2) is 0 Å². The molecule has 0 aliphatic heterocycles. The molecule has 0 bridgehead atoms. The number of nitrogens with zero attached hydrogens (tertiary/aromatic N) is 1. The Balaban J connectivity index is 1.88. The molecular weight excluding hydrogens is 254 g/mol. The predicted octanol–water partition coefficient (Wildman–Crippen LogP) is 3.37. The minimum Gasteiger partial charge on any atom is -0.466 e. The first kappa shape index (κ1) is 14.1. The molecule has 0 unspecified atom stereocenters. The molecule has 0 saturated carbocycles. The van der Waals surface area contributed by atoms with Crippen LogP contribution in [-0.4, -0.2) is 17.6 Å². The molecule has 104 valence electrons. The lowest BCUT2D eigenvalue weighted by atomic mass is 10.1. The zero-order valence-corrected chi connectivity index (χ0v) is 11.4. The van der Waals surface area contributed by atoms with Crippen LogP contribution in [0.1, 0.15) is 18.9 Å². The monoisotopic (exact) mass is 271 g/mol. The van der Waals surface area contributed by atoms with Crippen LogP contribution in [0.5, 0.6) is 11.5 Å². The fraction of sp³-hybridized carbons (Fsp3) is 0.250. The number of aryl methyl sites for hydroxylation is 1. The third-order valence-corrected chi connectivity index (χ3v) is 2.72. The Morgan fingerprint density at radius 3 is 2.60 bits per heavy atom. The van der Waals surface area contributed by atoms with E-state index >= 15 is 0 Å². The van der Waals surface area contributed by atoms with Crippen LogP contribution in [0.3, 0.4) is 0 Å². The number of esters is 1. The summed E-state index contributed by atoms with van der Waals surface area (Å²) in [6.07, 6.45) is 4.43. The van der Waals surface area contributed by atoms with Crippen molar-refractivity contribution in [3.8, 4) is 11.5 Å². The first-order valence-corrected chi connectivity index (χ1v) is 6.60. The largest absolute Gasteiger partial charge is 0.466 e. The van der Waals surface area contributed by atoms with Gasteiger partial charge in [-0.1, -0.05) is 12.1 Å². The van der Waals surface area contributed by atoms with Crippen molar-refractivity contribution < 1.29 is 14.3 Å². The minimum absolute atomic E-state index is 0.164. The van der Waals surface area contributed by atoms with Gasteiger partial charge in [-0.3, -0.25) is 9.78 Å². The molecule has 1 aromatic carbocycles. The van der Waals surface area contributed by atoms with Crippen molar-refractivity contribution in [3.63, 3.8) is 0 Å². The van der Waals surface area contributed by atoms with Crippen molar-refractivity contribution in [2.24, 2.45) is 0 Å². The lowest BCUT2D eigenvalue weighted by Crippen LogP contribution is -2.05. The summed E-state index contributed by atoms with van der Waals surface area (Å²) >= 11 is 0.